The summed E-state index contributed by atoms with van der Waals surface area (Å²) in [7, 11) is 1.33. The Balaban J connectivity index is 1.80. The van der Waals surface area contributed by atoms with Gasteiger partial charge in [-0.05, 0) is 55.3 Å². The smallest absolute Gasteiger partial charge is 0.339 e. The van der Waals surface area contributed by atoms with E-state index in [-0.39, 0.29) is 5.91 Å². The van der Waals surface area contributed by atoms with Crippen LogP contribution in [0.15, 0.2) is 60.9 Å². The molecule has 0 aliphatic carbocycles. The van der Waals surface area contributed by atoms with E-state index in [1.807, 2.05) is 32.0 Å². The molecule has 0 saturated heterocycles. The molecule has 0 fully saturated rings. The number of nitrogens with zero attached hydrogens (tertiary/aromatic N) is 1. The summed E-state index contributed by atoms with van der Waals surface area (Å²) in [4.78, 5) is 28.6. The number of para-hydroxylation sites is 1. The van der Waals surface area contributed by atoms with Gasteiger partial charge < -0.3 is 15.4 Å². The number of pyridine rings is 1. The molecule has 0 aliphatic rings. The van der Waals surface area contributed by atoms with E-state index in [2.05, 4.69) is 15.6 Å². The standard InChI is InChI=1S/C22H21N3O3/c1-14-8-9-17(10-15(14)2)25-21(26)16-11-18(13-23-12-16)24-20-7-5-4-6-19(20)22(27)28-3/h4-13,24H,1-3H3,(H,25,26). The van der Waals surface area contributed by atoms with Gasteiger partial charge in [0.1, 0.15) is 0 Å². The normalized spacial score (nSPS) is 10.2. The van der Waals surface area contributed by atoms with Crippen molar-refractivity contribution in [1.82, 2.24) is 4.98 Å². The van der Waals surface area contributed by atoms with Crippen molar-refractivity contribution in [2.24, 2.45) is 0 Å². The number of amides is 1. The predicted octanol–water partition coefficient (Wildman–Crippen LogP) is 4.48. The summed E-state index contributed by atoms with van der Waals surface area (Å²) in [6.45, 7) is 4.02. The highest BCUT2D eigenvalue weighted by Gasteiger charge is 2.13. The molecule has 0 saturated carbocycles. The molecular weight excluding hydrogens is 354 g/mol. The van der Waals surface area contributed by atoms with Crippen LogP contribution in [-0.2, 0) is 4.74 Å². The minimum atomic E-state index is -0.445. The Morgan fingerprint density at radius 2 is 1.71 bits per heavy atom. The van der Waals surface area contributed by atoms with Gasteiger partial charge in [-0.1, -0.05) is 18.2 Å². The first-order valence-corrected chi connectivity index (χ1v) is 8.76. The van der Waals surface area contributed by atoms with Gasteiger partial charge in [-0.2, -0.15) is 0 Å². The summed E-state index contributed by atoms with van der Waals surface area (Å²) < 4.78 is 4.80. The van der Waals surface area contributed by atoms with Crippen molar-refractivity contribution in [3.8, 4) is 0 Å². The monoisotopic (exact) mass is 375 g/mol. The van der Waals surface area contributed by atoms with Gasteiger partial charge >= 0.3 is 5.97 Å². The lowest BCUT2D eigenvalue weighted by molar-refractivity contribution is 0.0601. The molecule has 28 heavy (non-hydrogen) atoms. The van der Waals surface area contributed by atoms with E-state index in [9.17, 15) is 9.59 Å². The minimum Gasteiger partial charge on any atom is -0.465 e. The molecule has 142 valence electrons. The third kappa shape index (κ3) is 4.35. The number of carbonyl (C=O) groups is 2. The zero-order valence-corrected chi connectivity index (χ0v) is 15.9. The Morgan fingerprint density at radius 3 is 2.46 bits per heavy atom. The molecule has 0 atom stereocenters. The van der Waals surface area contributed by atoms with Crippen LogP contribution >= 0.6 is 0 Å². The van der Waals surface area contributed by atoms with Gasteiger partial charge in [0.15, 0.2) is 0 Å². The number of anilines is 3. The number of hydrogen-bond donors (Lipinski definition) is 2. The number of rotatable bonds is 5. The van der Waals surface area contributed by atoms with Crippen molar-refractivity contribution in [3.05, 3.63) is 83.2 Å². The van der Waals surface area contributed by atoms with Crippen LogP contribution in [0.3, 0.4) is 0 Å². The number of ether oxygens (including phenoxy) is 1. The molecular formula is C22H21N3O3. The van der Waals surface area contributed by atoms with E-state index in [1.165, 1.54) is 13.3 Å². The fraction of sp³-hybridized carbons (Fsp3) is 0.136. The molecule has 0 spiro atoms. The van der Waals surface area contributed by atoms with Crippen LogP contribution in [0.1, 0.15) is 31.8 Å². The Bertz CT molecular complexity index is 1030. The van der Waals surface area contributed by atoms with E-state index < -0.39 is 5.97 Å². The van der Waals surface area contributed by atoms with Gasteiger partial charge in [0.25, 0.3) is 5.91 Å². The van der Waals surface area contributed by atoms with Gasteiger partial charge in [-0.25, -0.2) is 4.79 Å². The number of carbonyl (C=O) groups excluding carboxylic acids is 2. The summed E-state index contributed by atoms with van der Waals surface area (Å²) in [5.74, 6) is -0.708. The zero-order chi connectivity index (χ0) is 20.1. The van der Waals surface area contributed by atoms with Gasteiger partial charge in [-0.3, -0.25) is 9.78 Å². The Hall–Kier alpha value is -3.67. The van der Waals surface area contributed by atoms with E-state index in [4.69, 9.17) is 4.74 Å². The van der Waals surface area contributed by atoms with Crippen LogP contribution in [0.4, 0.5) is 17.1 Å². The molecule has 2 N–H and O–H groups in total. The second-order valence-corrected chi connectivity index (χ2v) is 6.38. The summed E-state index contributed by atoms with van der Waals surface area (Å²) in [5, 5.41) is 6.00. The van der Waals surface area contributed by atoms with Crippen molar-refractivity contribution in [2.45, 2.75) is 13.8 Å². The van der Waals surface area contributed by atoms with Crippen molar-refractivity contribution >= 4 is 28.9 Å². The minimum absolute atomic E-state index is 0.263. The van der Waals surface area contributed by atoms with Crippen LogP contribution in [0.25, 0.3) is 0 Å². The quantitative estimate of drug-likeness (QED) is 0.643. The first kappa shape index (κ1) is 19.1. The van der Waals surface area contributed by atoms with Crippen molar-refractivity contribution in [2.75, 3.05) is 17.7 Å². The Kier molecular flexibility index (Phi) is 5.69. The van der Waals surface area contributed by atoms with E-state index in [0.717, 1.165) is 16.8 Å². The predicted molar refractivity (Wildman–Crippen MR) is 109 cm³/mol. The molecule has 0 aliphatic heterocycles. The van der Waals surface area contributed by atoms with Crippen LogP contribution in [0, 0.1) is 13.8 Å². The van der Waals surface area contributed by atoms with Crippen LogP contribution < -0.4 is 10.6 Å². The highest BCUT2D eigenvalue weighted by Crippen LogP contribution is 2.22. The molecule has 6 nitrogen and oxygen atoms in total. The zero-order valence-electron chi connectivity index (χ0n) is 15.9. The molecule has 2 aromatic carbocycles. The van der Waals surface area contributed by atoms with Gasteiger partial charge in [0, 0.05) is 11.9 Å². The Morgan fingerprint density at radius 1 is 0.929 bits per heavy atom. The second kappa shape index (κ2) is 8.35. The second-order valence-electron chi connectivity index (χ2n) is 6.38. The van der Waals surface area contributed by atoms with Gasteiger partial charge in [0.2, 0.25) is 0 Å². The van der Waals surface area contributed by atoms with Gasteiger partial charge in [0.05, 0.1) is 35.8 Å². The molecule has 0 bridgehead atoms. The maximum Gasteiger partial charge on any atom is 0.339 e. The molecule has 1 aromatic heterocycles. The SMILES string of the molecule is COC(=O)c1ccccc1Nc1cncc(C(=O)Nc2ccc(C)c(C)c2)c1. The fourth-order valence-electron chi connectivity index (χ4n) is 2.69. The van der Waals surface area contributed by atoms with Crippen molar-refractivity contribution < 1.29 is 14.3 Å². The lowest BCUT2D eigenvalue weighted by Gasteiger charge is -2.12. The molecule has 3 rings (SSSR count). The van der Waals surface area contributed by atoms with Crippen LogP contribution in [0.2, 0.25) is 0 Å². The van der Waals surface area contributed by atoms with Crippen LogP contribution in [-0.4, -0.2) is 24.0 Å². The van der Waals surface area contributed by atoms with E-state index in [0.29, 0.717) is 22.5 Å². The first-order valence-electron chi connectivity index (χ1n) is 8.76. The summed E-state index contributed by atoms with van der Waals surface area (Å²) in [5.41, 5.74) is 4.95. The maximum absolute atomic E-state index is 12.6. The third-order valence-corrected chi connectivity index (χ3v) is 4.38. The van der Waals surface area contributed by atoms with Crippen LogP contribution in [0.5, 0.6) is 0 Å². The molecule has 6 heteroatoms. The maximum atomic E-state index is 12.6. The lowest BCUT2D eigenvalue weighted by atomic mass is 10.1. The third-order valence-electron chi connectivity index (χ3n) is 4.38. The van der Waals surface area contributed by atoms with E-state index >= 15 is 0 Å². The average molecular weight is 375 g/mol. The molecule has 1 amide bonds. The highest BCUT2D eigenvalue weighted by molar-refractivity contribution is 6.04. The molecule has 0 radical (unpaired) electrons. The molecule has 3 aromatic rings. The number of hydrogen-bond acceptors (Lipinski definition) is 5. The average Bonchev–Trinajstić information content (AvgIpc) is 2.71. The number of aromatic nitrogens is 1. The fourth-order valence-corrected chi connectivity index (χ4v) is 2.69. The van der Waals surface area contributed by atoms with Crippen molar-refractivity contribution in [1.29, 1.82) is 0 Å². The van der Waals surface area contributed by atoms with Crippen molar-refractivity contribution in [3.63, 3.8) is 0 Å². The Labute approximate surface area is 163 Å². The van der Waals surface area contributed by atoms with E-state index in [1.54, 1.807) is 36.5 Å². The summed E-state index contributed by atoms with van der Waals surface area (Å²) in [6, 6.07) is 14.4. The number of esters is 1. The number of nitrogens with one attached hydrogen (secondary N) is 2. The molecule has 1 heterocycles. The lowest BCUT2D eigenvalue weighted by Crippen LogP contribution is -2.13. The highest BCUT2D eigenvalue weighted by atomic mass is 16.5. The first-order chi connectivity index (χ1) is 13.5. The largest absolute Gasteiger partial charge is 0.465 e. The number of benzene rings is 2. The summed E-state index contributed by atoms with van der Waals surface area (Å²) in [6.07, 6.45) is 3.08. The number of aryl methyl sites for hydroxylation is 2. The molecule has 0 unspecified atom stereocenters. The summed E-state index contributed by atoms with van der Waals surface area (Å²) >= 11 is 0. The topological polar surface area (TPSA) is 80.3 Å². The number of methoxy groups -OCH3 is 1. The van der Waals surface area contributed by atoms with Gasteiger partial charge in [-0.15, -0.1) is 0 Å².